The maximum Gasteiger partial charge on any atom is 0.221 e. The van der Waals surface area contributed by atoms with Gasteiger partial charge in [-0.1, -0.05) is 19.3 Å². The van der Waals surface area contributed by atoms with Crippen LogP contribution in [0.5, 0.6) is 0 Å². The van der Waals surface area contributed by atoms with Gasteiger partial charge in [0.1, 0.15) is 0 Å². The highest BCUT2D eigenvalue weighted by molar-refractivity contribution is 7.12. The first-order valence-corrected chi connectivity index (χ1v) is 8.84. The predicted molar refractivity (Wildman–Crippen MR) is 89.5 cm³/mol. The summed E-state index contributed by atoms with van der Waals surface area (Å²) >= 11 is 1.79. The molecular formula is C17H28N2OS. The van der Waals surface area contributed by atoms with Gasteiger partial charge in [0.05, 0.1) is 6.04 Å². The molecule has 1 aromatic heterocycles. The number of amides is 1. The van der Waals surface area contributed by atoms with Crippen molar-refractivity contribution in [2.45, 2.75) is 65.3 Å². The average Bonchev–Trinajstić information content (AvgIpc) is 2.78. The minimum atomic E-state index is 0.0433. The van der Waals surface area contributed by atoms with E-state index in [0.29, 0.717) is 13.0 Å². The van der Waals surface area contributed by atoms with Crippen molar-refractivity contribution in [1.82, 2.24) is 5.32 Å². The minimum absolute atomic E-state index is 0.0433. The molecule has 2 rings (SSSR count). The van der Waals surface area contributed by atoms with E-state index in [0.717, 1.165) is 12.8 Å². The third-order valence-electron chi connectivity index (χ3n) is 4.81. The van der Waals surface area contributed by atoms with Crippen molar-refractivity contribution in [3.63, 3.8) is 0 Å². The quantitative estimate of drug-likeness (QED) is 0.868. The van der Waals surface area contributed by atoms with Crippen LogP contribution in [-0.4, -0.2) is 12.5 Å². The van der Waals surface area contributed by atoms with E-state index in [1.54, 1.807) is 11.3 Å². The summed E-state index contributed by atoms with van der Waals surface area (Å²) in [6.07, 6.45) is 6.48. The van der Waals surface area contributed by atoms with Crippen LogP contribution >= 0.6 is 11.3 Å². The molecule has 4 heteroatoms. The van der Waals surface area contributed by atoms with Crippen LogP contribution in [0.3, 0.4) is 0 Å². The Morgan fingerprint density at radius 3 is 2.57 bits per heavy atom. The Morgan fingerprint density at radius 1 is 1.38 bits per heavy atom. The Hall–Kier alpha value is -0.870. The molecule has 3 N–H and O–H groups in total. The van der Waals surface area contributed by atoms with Crippen molar-refractivity contribution in [3.05, 3.63) is 21.4 Å². The monoisotopic (exact) mass is 308 g/mol. The molecule has 1 unspecified atom stereocenters. The Morgan fingerprint density at radius 2 is 2.05 bits per heavy atom. The van der Waals surface area contributed by atoms with E-state index >= 15 is 0 Å². The number of nitrogens with two attached hydrogens (primary N) is 1. The lowest BCUT2D eigenvalue weighted by Crippen LogP contribution is -2.39. The number of carbonyl (C=O) groups excluding carboxylic acids is 1. The second-order valence-electron chi connectivity index (χ2n) is 6.60. The molecule has 0 radical (unpaired) electrons. The molecule has 1 aliphatic rings. The molecule has 1 saturated carbocycles. The first-order chi connectivity index (χ1) is 9.96. The zero-order valence-corrected chi connectivity index (χ0v) is 14.3. The molecular weight excluding hydrogens is 280 g/mol. The summed E-state index contributed by atoms with van der Waals surface area (Å²) in [5.41, 5.74) is 7.27. The lowest BCUT2D eigenvalue weighted by Gasteiger charge is -2.36. The summed E-state index contributed by atoms with van der Waals surface area (Å²) in [4.78, 5) is 15.0. The van der Waals surface area contributed by atoms with E-state index in [4.69, 9.17) is 5.73 Å². The van der Waals surface area contributed by atoms with E-state index < -0.39 is 0 Å². The Labute approximate surface area is 132 Å². The number of rotatable bonds is 5. The zero-order valence-electron chi connectivity index (χ0n) is 13.5. The van der Waals surface area contributed by atoms with Gasteiger partial charge in [0.2, 0.25) is 5.91 Å². The van der Waals surface area contributed by atoms with Crippen molar-refractivity contribution >= 4 is 17.2 Å². The average molecular weight is 308 g/mol. The standard InChI is InChI=1S/C17H28N2OS/c1-12-9-15(14(3)21-12)13(2)19-16(20)10-17(11-18)7-5-4-6-8-17/h9,13H,4-8,10-11,18H2,1-3H3,(H,19,20). The smallest absolute Gasteiger partial charge is 0.221 e. The van der Waals surface area contributed by atoms with E-state index in [1.165, 1.54) is 34.6 Å². The topological polar surface area (TPSA) is 55.1 Å². The van der Waals surface area contributed by atoms with E-state index in [1.807, 2.05) is 0 Å². The molecule has 1 heterocycles. The van der Waals surface area contributed by atoms with Crippen LogP contribution in [0, 0.1) is 19.3 Å². The van der Waals surface area contributed by atoms with E-state index in [-0.39, 0.29) is 17.4 Å². The largest absolute Gasteiger partial charge is 0.350 e. The SMILES string of the molecule is Cc1cc(C(C)NC(=O)CC2(CN)CCCCC2)c(C)s1. The summed E-state index contributed by atoms with van der Waals surface area (Å²) in [7, 11) is 0. The van der Waals surface area contributed by atoms with Gasteiger partial charge in [0, 0.05) is 16.2 Å². The Bertz CT molecular complexity index is 489. The maximum absolute atomic E-state index is 12.4. The van der Waals surface area contributed by atoms with Gasteiger partial charge < -0.3 is 11.1 Å². The van der Waals surface area contributed by atoms with Gasteiger partial charge in [-0.15, -0.1) is 11.3 Å². The van der Waals surface area contributed by atoms with Gasteiger partial charge in [0.25, 0.3) is 0 Å². The molecule has 0 spiro atoms. The van der Waals surface area contributed by atoms with Crippen LogP contribution in [-0.2, 0) is 4.79 Å². The number of carbonyl (C=O) groups is 1. The fourth-order valence-electron chi connectivity index (χ4n) is 3.55. The van der Waals surface area contributed by atoms with Crippen molar-refractivity contribution in [2.24, 2.45) is 11.1 Å². The zero-order chi connectivity index (χ0) is 15.5. The molecule has 1 amide bonds. The number of nitrogens with one attached hydrogen (secondary N) is 1. The molecule has 118 valence electrons. The highest BCUT2D eigenvalue weighted by Gasteiger charge is 2.33. The van der Waals surface area contributed by atoms with Crippen molar-refractivity contribution in [1.29, 1.82) is 0 Å². The fraction of sp³-hybridized carbons (Fsp3) is 0.706. The van der Waals surface area contributed by atoms with Crippen molar-refractivity contribution < 1.29 is 4.79 Å². The highest BCUT2D eigenvalue weighted by atomic mass is 32.1. The molecule has 1 fully saturated rings. The van der Waals surface area contributed by atoms with E-state index in [2.05, 4.69) is 32.2 Å². The van der Waals surface area contributed by atoms with Gasteiger partial charge in [-0.05, 0) is 57.2 Å². The second kappa shape index (κ2) is 6.93. The molecule has 1 aliphatic carbocycles. The van der Waals surface area contributed by atoms with Crippen LogP contribution in [0.25, 0.3) is 0 Å². The molecule has 1 aromatic rings. The summed E-state index contributed by atoms with van der Waals surface area (Å²) in [5, 5.41) is 3.17. The van der Waals surface area contributed by atoms with Crippen molar-refractivity contribution in [3.8, 4) is 0 Å². The van der Waals surface area contributed by atoms with Gasteiger partial charge in [-0.3, -0.25) is 4.79 Å². The molecule has 0 bridgehead atoms. The second-order valence-corrected chi connectivity index (χ2v) is 8.06. The number of hydrogen-bond acceptors (Lipinski definition) is 3. The molecule has 0 saturated heterocycles. The molecule has 0 aliphatic heterocycles. The van der Waals surface area contributed by atoms with Crippen molar-refractivity contribution in [2.75, 3.05) is 6.54 Å². The number of aryl methyl sites for hydroxylation is 2. The van der Waals surface area contributed by atoms with Gasteiger partial charge in [-0.25, -0.2) is 0 Å². The Balaban J connectivity index is 1.96. The first kappa shape index (κ1) is 16.5. The lowest BCUT2D eigenvalue weighted by molar-refractivity contribution is -0.124. The molecule has 3 nitrogen and oxygen atoms in total. The molecule has 21 heavy (non-hydrogen) atoms. The van der Waals surface area contributed by atoms with Crippen LogP contribution in [0.2, 0.25) is 0 Å². The van der Waals surface area contributed by atoms with Crippen LogP contribution in [0.1, 0.15) is 66.8 Å². The fourth-order valence-corrected chi connectivity index (χ4v) is 4.57. The number of hydrogen-bond donors (Lipinski definition) is 2. The third-order valence-corrected chi connectivity index (χ3v) is 5.79. The summed E-state index contributed by atoms with van der Waals surface area (Å²) in [6.45, 7) is 6.94. The van der Waals surface area contributed by atoms with Crippen LogP contribution < -0.4 is 11.1 Å². The third kappa shape index (κ3) is 4.07. The molecule has 0 aromatic carbocycles. The highest BCUT2D eigenvalue weighted by Crippen LogP contribution is 2.38. The van der Waals surface area contributed by atoms with Crippen LogP contribution in [0.15, 0.2) is 6.07 Å². The van der Waals surface area contributed by atoms with Gasteiger partial charge in [-0.2, -0.15) is 0 Å². The van der Waals surface area contributed by atoms with Gasteiger partial charge >= 0.3 is 0 Å². The molecule has 1 atom stereocenters. The van der Waals surface area contributed by atoms with Gasteiger partial charge in [0.15, 0.2) is 0 Å². The number of thiophene rings is 1. The normalized spacial score (nSPS) is 19.2. The Kier molecular flexibility index (Phi) is 5.44. The summed E-state index contributed by atoms with van der Waals surface area (Å²) < 4.78 is 0. The predicted octanol–water partition coefficient (Wildman–Crippen LogP) is 3.84. The maximum atomic E-state index is 12.4. The first-order valence-electron chi connectivity index (χ1n) is 8.02. The summed E-state index contributed by atoms with van der Waals surface area (Å²) in [5.74, 6) is 0.151. The van der Waals surface area contributed by atoms with E-state index in [9.17, 15) is 4.79 Å². The summed E-state index contributed by atoms with van der Waals surface area (Å²) in [6, 6.07) is 2.27. The lowest BCUT2D eigenvalue weighted by atomic mass is 9.71. The minimum Gasteiger partial charge on any atom is -0.350 e. The van der Waals surface area contributed by atoms with Crippen LogP contribution in [0.4, 0.5) is 0 Å².